The highest BCUT2D eigenvalue weighted by Crippen LogP contribution is 2.05. The third-order valence-corrected chi connectivity index (χ3v) is 2.29. The Kier molecular flexibility index (Phi) is 9.46. The van der Waals surface area contributed by atoms with E-state index in [1.165, 1.54) is 5.56 Å². The molecule has 0 heterocycles. The van der Waals surface area contributed by atoms with E-state index in [2.05, 4.69) is 69.4 Å². The average molecular weight is 235 g/mol. The van der Waals surface area contributed by atoms with E-state index in [-0.39, 0.29) is 1.43 Å². The maximum absolute atomic E-state index is 3.03. The van der Waals surface area contributed by atoms with Crippen LogP contribution in [-0.4, -0.2) is 13.1 Å². The molecule has 1 nitrogen and oxygen atoms in total. The van der Waals surface area contributed by atoms with Crippen LogP contribution in [0.1, 0.15) is 41.1 Å². The monoisotopic (exact) mass is 235 g/mol. The molecule has 0 saturated carbocycles. The van der Waals surface area contributed by atoms with Crippen molar-refractivity contribution >= 4 is 6.08 Å². The zero-order valence-corrected chi connectivity index (χ0v) is 11.9. The molecule has 0 aromatic heterocycles. The Bertz CT molecular complexity index is 291. The molecule has 0 aliphatic heterocycles. The molecule has 1 heteroatoms. The minimum Gasteiger partial charge on any atom is -0.318 e. The molecule has 0 bridgehead atoms. The van der Waals surface area contributed by atoms with Crippen molar-refractivity contribution in [3.63, 3.8) is 0 Å². The van der Waals surface area contributed by atoms with Gasteiger partial charge in [0.2, 0.25) is 0 Å². The van der Waals surface area contributed by atoms with E-state index in [9.17, 15) is 0 Å². The van der Waals surface area contributed by atoms with Gasteiger partial charge in [-0.15, -0.1) is 0 Å². The first-order valence-corrected chi connectivity index (χ1v) is 6.45. The van der Waals surface area contributed by atoms with Gasteiger partial charge in [0, 0.05) is 7.47 Å². The number of benzene rings is 1. The second-order valence-electron chi connectivity index (χ2n) is 4.89. The van der Waals surface area contributed by atoms with Crippen molar-refractivity contribution in [2.45, 2.75) is 40.2 Å². The summed E-state index contributed by atoms with van der Waals surface area (Å²) in [5, 5.41) is 3.03. The standard InChI is InChI=1S/C12H16.C4H11N.H2/c1-11(2)7-6-10-12-8-4-3-5-9-12;1-4(2)5-3;/h3-6,8-11H,7H2,1-2H3;4-5H,1-3H3;1H/b10-6+;;. The van der Waals surface area contributed by atoms with Gasteiger partial charge in [-0.2, -0.15) is 0 Å². The highest BCUT2D eigenvalue weighted by Gasteiger charge is 1.87. The largest absolute Gasteiger partial charge is 0.318 e. The molecule has 0 fully saturated rings. The molecule has 1 aromatic carbocycles. The lowest BCUT2D eigenvalue weighted by molar-refractivity contribution is 0.665. The van der Waals surface area contributed by atoms with E-state index >= 15 is 0 Å². The summed E-state index contributed by atoms with van der Waals surface area (Å²) in [6.07, 6.45) is 5.58. The van der Waals surface area contributed by atoms with Gasteiger partial charge in [-0.05, 0) is 24.9 Å². The number of allylic oxidation sites excluding steroid dienone is 1. The zero-order chi connectivity index (χ0) is 13.1. The summed E-state index contributed by atoms with van der Waals surface area (Å²) in [6.45, 7) is 8.69. The third kappa shape index (κ3) is 11.2. The van der Waals surface area contributed by atoms with E-state index in [4.69, 9.17) is 0 Å². The molecule has 0 aliphatic rings. The highest BCUT2D eigenvalue weighted by molar-refractivity contribution is 5.48. The van der Waals surface area contributed by atoms with Gasteiger partial charge in [-0.3, -0.25) is 0 Å². The van der Waals surface area contributed by atoms with Gasteiger partial charge in [0.25, 0.3) is 0 Å². The molecule has 1 aromatic rings. The van der Waals surface area contributed by atoms with Gasteiger partial charge in [-0.1, -0.05) is 70.2 Å². The fraction of sp³-hybridized carbons (Fsp3) is 0.500. The molecular formula is C16H29N. The van der Waals surface area contributed by atoms with Crippen LogP contribution in [0.2, 0.25) is 0 Å². The highest BCUT2D eigenvalue weighted by atomic mass is 14.8. The Balaban J connectivity index is 0. The Hall–Kier alpha value is -1.08. The summed E-state index contributed by atoms with van der Waals surface area (Å²) in [7, 11) is 1.95. The molecule has 98 valence electrons. The first-order valence-electron chi connectivity index (χ1n) is 6.45. The molecule has 0 amide bonds. The van der Waals surface area contributed by atoms with Crippen LogP contribution in [0, 0.1) is 5.92 Å². The zero-order valence-electron chi connectivity index (χ0n) is 11.9. The molecule has 0 atom stereocenters. The molecule has 1 rings (SSSR count). The van der Waals surface area contributed by atoms with Crippen molar-refractivity contribution < 1.29 is 1.43 Å². The van der Waals surface area contributed by atoms with E-state index in [1.807, 2.05) is 13.1 Å². The fourth-order valence-corrected chi connectivity index (χ4v) is 1.04. The quantitative estimate of drug-likeness (QED) is 0.804. The summed E-state index contributed by atoms with van der Waals surface area (Å²) in [4.78, 5) is 0. The predicted octanol–water partition coefficient (Wildman–Crippen LogP) is 4.61. The van der Waals surface area contributed by atoms with Crippen LogP contribution in [0.15, 0.2) is 36.4 Å². The average Bonchev–Trinajstić information content (AvgIpc) is 2.30. The van der Waals surface area contributed by atoms with Crippen molar-refractivity contribution in [3.05, 3.63) is 42.0 Å². The van der Waals surface area contributed by atoms with Crippen LogP contribution in [0.5, 0.6) is 0 Å². The van der Waals surface area contributed by atoms with Gasteiger partial charge in [0.1, 0.15) is 0 Å². The first kappa shape index (κ1) is 15.9. The topological polar surface area (TPSA) is 12.0 Å². The molecular weight excluding hydrogens is 206 g/mol. The van der Waals surface area contributed by atoms with E-state index in [0.717, 1.165) is 12.3 Å². The normalized spacial score (nSPS) is 10.8. The van der Waals surface area contributed by atoms with E-state index in [0.29, 0.717) is 6.04 Å². The van der Waals surface area contributed by atoms with Crippen LogP contribution >= 0.6 is 0 Å². The molecule has 0 radical (unpaired) electrons. The maximum Gasteiger partial charge on any atom is 0.000733 e. The van der Waals surface area contributed by atoms with Crippen LogP contribution in [0.25, 0.3) is 6.08 Å². The molecule has 0 aliphatic carbocycles. The fourth-order valence-electron chi connectivity index (χ4n) is 1.04. The number of hydrogen-bond acceptors (Lipinski definition) is 1. The Morgan fingerprint density at radius 2 is 1.65 bits per heavy atom. The van der Waals surface area contributed by atoms with Gasteiger partial charge < -0.3 is 5.32 Å². The molecule has 17 heavy (non-hydrogen) atoms. The Morgan fingerprint density at radius 1 is 1.12 bits per heavy atom. The second-order valence-corrected chi connectivity index (χ2v) is 4.89. The Morgan fingerprint density at radius 3 is 2.06 bits per heavy atom. The number of rotatable bonds is 4. The number of nitrogens with one attached hydrogen (secondary N) is 1. The van der Waals surface area contributed by atoms with Crippen LogP contribution in [-0.2, 0) is 0 Å². The molecule has 0 unspecified atom stereocenters. The Labute approximate surface area is 108 Å². The molecule has 1 N–H and O–H groups in total. The molecule has 0 spiro atoms. The molecule has 0 saturated heterocycles. The van der Waals surface area contributed by atoms with Crippen molar-refractivity contribution in [2.75, 3.05) is 7.05 Å². The lowest BCUT2D eigenvalue weighted by Crippen LogP contribution is -2.15. The van der Waals surface area contributed by atoms with Crippen LogP contribution < -0.4 is 5.32 Å². The lowest BCUT2D eigenvalue weighted by atomic mass is 10.1. The SMILES string of the molecule is CC(C)C/C=C/c1ccccc1.CNC(C)C.[HH]. The van der Waals surface area contributed by atoms with Gasteiger partial charge in [-0.25, -0.2) is 0 Å². The van der Waals surface area contributed by atoms with Crippen LogP contribution in [0.3, 0.4) is 0 Å². The van der Waals surface area contributed by atoms with E-state index < -0.39 is 0 Å². The van der Waals surface area contributed by atoms with Crippen LogP contribution in [0.4, 0.5) is 0 Å². The summed E-state index contributed by atoms with van der Waals surface area (Å²) in [5.41, 5.74) is 1.29. The third-order valence-electron chi connectivity index (χ3n) is 2.29. The van der Waals surface area contributed by atoms with Crippen molar-refractivity contribution in [2.24, 2.45) is 5.92 Å². The summed E-state index contributed by atoms with van der Waals surface area (Å²) in [6, 6.07) is 11.0. The minimum absolute atomic E-state index is 0. The van der Waals surface area contributed by atoms with E-state index in [1.54, 1.807) is 0 Å². The van der Waals surface area contributed by atoms with Crippen molar-refractivity contribution in [1.82, 2.24) is 5.32 Å². The summed E-state index contributed by atoms with van der Waals surface area (Å²) >= 11 is 0. The smallest absolute Gasteiger partial charge is 0.000733 e. The lowest BCUT2D eigenvalue weighted by Gasteiger charge is -1.96. The van der Waals surface area contributed by atoms with Crippen molar-refractivity contribution in [1.29, 1.82) is 0 Å². The second kappa shape index (κ2) is 10.1. The van der Waals surface area contributed by atoms with Gasteiger partial charge in [0.15, 0.2) is 0 Å². The predicted molar refractivity (Wildman–Crippen MR) is 81.2 cm³/mol. The van der Waals surface area contributed by atoms with Gasteiger partial charge in [0.05, 0.1) is 0 Å². The number of hydrogen-bond donors (Lipinski definition) is 1. The minimum atomic E-state index is 0. The first-order chi connectivity index (χ1) is 8.06. The summed E-state index contributed by atoms with van der Waals surface area (Å²) < 4.78 is 0. The summed E-state index contributed by atoms with van der Waals surface area (Å²) in [5.74, 6) is 0.755. The van der Waals surface area contributed by atoms with Crippen molar-refractivity contribution in [3.8, 4) is 0 Å². The van der Waals surface area contributed by atoms with Gasteiger partial charge >= 0.3 is 0 Å². The maximum atomic E-state index is 3.03.